The van der Waals surface area contributed by atoms with Gasteiger partial charge in [0.15, 0.2) is 0 Å². The molecule has 1 N–H and O–H groups in total. The van der Waals surface area contributed by atoms with Crippen LogP contribution in [0.25, 0.3) is 0 Å². The standard InChI is InChI=1S/C11H10ClN3O/c1-7-5-14-9(4-8(7)12)10(16)15-11(6-13)2-3-11/h4-5H,2-3H2,1H3,(H,15,16). The highest BCUT2D eigenvalue weighted by atomic mass is 35.5. The maximum absolute atomic E-state index is 11.7. The molecule has 0 aliphatic heterocycles. The average molecular weight is 236 g/mol. The van der Waals surface area contributed by atoms with Crippen LogP contribution < -0.4 is 5.32 Å². The number of aryl methyl sites for hydroxylation is 1. The Bertz CT molecular complexity index is 488. The van der Waals surface area contributed by atoms with E-state index in [-0.39, 0.29) is 11.6 Å². The molecule has 0 radical (unpaired) electrons. The van der Waals surface area contributed by atoms with E-state index in [0.29, 0.717) is 17.9 Å². The zero-order chi connectivity index (χ0) is 11.8. The van der Waals surface area contributed by atoms with Gasteiger partial charge in [-0.15, -0.1) is 0 Å². The summed E-state index contributed by atoms with van der Waals surface area (Å²) in [4.78, 5) is 15.7. The fourth-order valence-corrected chi connectivity index (χ4v) is 1.45. The molecular weight excluding hydrogens is 226 g/mol. The van der Waals surface area contributed by atoms with Crippen LogP contribution in [0.15, 0.2) is 12.3 Å². The number of nitrogens with zero attached hydrogens (tertiary/aromatic N) is 2. The third-order valence-electron chi connectivity index (χ3n) is 2.59. The van der Waals surface area contributed by atoms with Crippen molar-refractivity contribution >= 4 is 17.5 Å². The van der Waals surface area contributed by atoms with Crippen molar-refractivity contribution in [2.45, 2.75) is 25.3 Å². The van der Waals surface area contributed by atoms with Crippen molar-refractivity contribution < 1.29 is 4.79 Å². The van der Waals surface area contributed by atoms with Crippen LogP contribution in [0, 0.1) is 18.3 Å². The summed E-state index contributed by atoms with van der Waals surface area (Å²) in [7, 11) is 0. The van der Waals surface area contributed by atoms with Gasteiger partial charge in [0.2, 0.25) is 0 Å². The molecule has 82 valence electrons. The number of carbonyl (C=O) groups excluding carboxylic acids is 1. The van der Waals surface area contributed by atoms with Gasteiger partial charge in [0.25, 0.3) is 5.91 Å². The van der Waals surface area contributed by atoms with E-state index in [2.05, 4.69) is 16.4 Å². The predicted octanol–water partition coefficient (Wildman–Crippen LogP) is 1.83. The highest BCUT2D eigenvalue weighted by Crippen LogP contribution is 2.34. The Morgan fingerprint density at radius 1 is 1.69 bits per heavy atom. The molecule has 1 aliphatic carbocycles. The largest absolute Gasteiger partial charge is 0.332 e. The Balaban J connectivity index is 2.16. The molecule has 1 aliphatic rings. The maximum atomic E-state index is 11.7. The van der Waals surface area contributed by atoms with Crippen LogP contribution in [-0.2, 0) is 0 Å². The van der Waals surface area contributed by atoms with Crippen LogP contribution in [0.2, 0.25) is 5.02 Å². The molecular formula is C11H10ClN3O. The number of nitrogens with one attached hydrogen (secondary N) is 1. The molecule has 2 rings (SSSR count). The van der Waals surface area contributed by atoms with E-state index in [9.17, 15) is 4.79 Å². The lowest BCUT2D eigenvalue weighted by Crippen LogP contribution is -2.36. The molecule has 0 spiro atoms. The van der Waals surface area contributed by atoms with Crippen molar-refractivity contribution in [1.29, 1.82) is 5.26 Å². The van der Waals surface area contributed by atoms with Gasteiger partial charge in [-0.05, 0) is 31.4 Å². The normalized spacial score (nSPS) is 16.3. The van der Waals surface area contributed by atoms with Gasteiger partial charge < -0.3 is 5.32 Å². The predicted molar refractivity (Wildman–Crippen MR) is 59.0 cm³/mol. The molecule has 0 unspecified atom stereocenters. The molecule has 0 bridgehead atoms. The van der Waals surface area contributed by atoms with Crippen LogP contribution >= 0.6 is 11.6 Å². The van der Waals surface area contributed by atoms with Gasteiger partial charge in [-0.2, -0.15) is 5.26 Å². The minimum absolute atomic E-state index is 0.247. The van der Waals surface area contributed by atoms with Gasteiger partial charge in [-0.25, -0.2) is 0 Å². The number of rotatable bonds is 2. The van der Waals surface area contributed by atoms with Crippen LogP contribution in [0.3, 0.4) is 0 Å². The molecule has 1 fully saturated rings. The van der Waals surface area contributed by atoms with Gasteiger partial charge >= 0.3 is 0 Å². The summed E-state index contributed by atoms with van der Waals surface area (Å²) in [6.07, 6.45) is 2.95. The highest BCUT2D eigenvalue weighted by Gasteiger charge is 2.44. The number of halogens is 1. The quantitative estimate of drug-likeness (QED) is 0.851. The molecule has 16 heavy (non-hydrogen) atoms. The Labute approximate surface area is 98.2 Å². The van der Waals surface area contributed by atoms with Gasteiger partial charge in [0.05, 0.1) is 6.07 Å². The number of hydrogen-bond acceptors (Lipinski definition) is 3. The number of amides is 1. The second-order valence-corrected chi connectivity index (χ2v) is 4.37. The second-order valence-electron chi connectivity index (χ2n) is 3.97. The molecule has 1 saturated carbocycles. The van der Waals surface area contributed by atoms with Crippen molar-refractivity contribution in [3.05, 3.63) is 28.5 Å². The summed E-state index contributed by atoms with van der Waals surface area (Å²) in [5.74, 6) is -0.346. The smallest absolute Gasteiger partial charge is 0.271 e. The van der Waals surface area contributed by atoms with Crippen LogP contribution in [0.5, 0.6) is 0 Å². The number of nitriles is 1. The molecule has 0 aromatic carbocycles. The second kappa shape index (κ2) is 3.76. The lowest BCUT2D eigenvalue weighted by molar-refractivity contribution is 0.0936. The van der Waals surface area contributed by atoms with Gasteiger partial charge in [-0.3, -0.25) is 9.78 Å². The number of hydrogen-bond donors (Lipinski definition) is 1. The Hall–Kier alpha value is -1.60. The summed E-state index contributed by atoms with van der Waals surface area (Å²) in [6.45, 7) is 1.81. The molecule has 1 amide bonds. The van der Waals surface area contributed by atoms with Crippen LogP contribution in [-0.4, -0.2) is 16.4 Å². The lowest BCUT2D eigenvalue weighted by atomic mass is 10.2. The number of carbonyl (C=O) groups is 1. The molecule has 1 aromatic heterocycles. The third kappa shape index (κ3) is 2.00. The Morgan fingerprint density at radius 2 is 2.38 bits per heavy atom. The van der Waals surface area contributed by atoms with Crippen molar-refractivity contribution in [1.82, 2.24) is 10.3 Å². The van der Waals surface area contributed by atoms with Crippen LogP contribution in [0.1, 0.15) is 28.9 Å². The molecule has 1 heterocycles. The fourth-order valence-electron chi connectivity index (χ4n) is 1.29. The molecule has 1 aromatic rings. The fraction of sp³-hybridized carbons (Fsp3) is 0.364. The minimum Gasteiger partial charge on any atom is -0.332 e. The minimum atomic E-state index is -0.671. The van der Waals surface area contributed by atoms with Crippen molar-refractivity contribution in [3.63, 3.8) is 0 Å². The molecule has 5 heteroatoms. The van der Waals surface area contributed by atoms with Crippen molar-refractivity contribution in [2.24, 2.45) is 0 Å². The first-order valence-electron chi connectivity index (χ1n) is 4.92. The Morgan fingerprint density at radius 3 is 2.88 bits per heavy atom. The molecule has 4 nitrogen and oxygen atoms in total. The molecule has 0 atom stereocenters. The van der Waals surface area contributed by atoms with E-state index in [1.165, 1.54) is 6.07 Å². The van der Waals surface area contributed by atoms with Crippen molar-refractivity contribution in [3.8, 4) is 6.07 Å². The SMILES string of the molecule is Cc1cnc(C(=O)NC2(C#N)CC2)cc1Cl. The van der Waals surface area contributed by atoms with E-state index >= 15 is 0 Å². The van der Waals surface area contributed by atoms with Gasteiger partial charge in [0, 0.05) is 11.2 Å². The van der Waals surface area contributed by atoms with Crippen LogP contribution in [0.4, 0.5) is 0 Å². The summed E-state index contributed by atoms with van der Waals surface area (Å²) in [6, 6.07) is 3.60. The van der Waals surface area contributed by atoms with Crippen molar-refractivity contribution in [2.75, 3.05) is 0 Å². The first-order valence-corrected chi connectivity index (χ1v) is 5.30. The van der Waals surface area contributed by atoms with E-state index in [1.807, 2.05) is 6.92 Å². The van der Waals surface area contributed by atoms with E-state index in [4.69, 9.17) is 16.9 Å². The van der Waals surface area contributed by atoms with E-state index in [0.717, 1.165) is 5.56 Å². The zero-order valence-corrected chi connectivity index (χ0v) is 9.51. The highest BCUT2D eigenvalue weighted by molar-refractivity contribution is 6.31. The van der Waals surface area contributed by atoms with Gasteiger partial charge in [-0.1, -0.05) is 11.6 Å². The van der Waals surface area contributed by atoms with E-state index in [1.54, 1.807) is 6.20 Å². The lowest BCUT2D eigenvalue weighted by Gasteiger charge is -2.08. The average Bonchev–Trinajstić information content (AvgIpc) is 3.02. The summed E-state index contributed by atoms with van der Waals surface area (Å²) in [5, 5.41) is 12.0. The Kier molecular flexibility index (Phi) is 2.56. The number of pyridine rings is 1. The summed E-state index contributed by atoms with van der Waals surface area (Å²) >= 11 is 5.89. The maximum Gasteiger partial charge on any atom is 0.271 e. The van der Waals surface area contributed by atoms with Gasteiger partial charge in [0.1, 0.15) is 11.2 Å². The molecule has 0 saturated heterocycles. The summed E-state index contributed by atoms with van der Waals surface area (Å²) < 4.78 is 0. The monoisotopic (exact) mass is 235 g/mol. The summed E-state index contributed by atoms with van der Waals surface area (Å²) in [5.41, 5.74) is 0.396. The first kappa shape index (κ1) is 10.9. The first-order chi connectivity index (χ1) is 7.56. The number of aromatic nitrogens is 1. The van der Waals surface area contributed by atoms with E-state index < -0.39 is 5.54 Å². The zero-order valence-electron chi connectivity index (χ0n) is 8.75. The topological polar surface area (TPSA) is 65.8 Å². The third-order valence-corrected chi connectivity index (χ3v) is 2.99.